The van der Waals surface area contributed by atoms with Crippen molar-refractivity contribution in [3.63, 3.8) is 0 Å². The van der Waals surface area contributed by atoms with Crippen molar-refractivity contribution in [1.29, 1.82) is 0 Å². The smallest absolute Gasteiger partial charge is 0.144 e. The van der Waals surface area contributed by atoms with E-state index in [1.165, 1.54) is 11.1 Å². The van der Waals surface area contributed by atoms with Gasteiger partial charge >= 0.3 is 0 Å². The highest BCUT2D eigenvalue weighted by Gasteiger charge is 2.46. The van der Waals surface area contributed by atoms with Crippen molar-refractivity contribution in [2.45, 2.75) is 52.0 Å². The standard InChI is InChI=1S/C20H26N2O/c1-4-6-10-17(5-2)13-20(14-18-11-8-7-9-12-18)16(3)21-22-19(20)15-23/h7-9,11-12,15,19,22H,2,4,6,10,13-14H2,1,3H3. The van der Waals surface area contributed by atoms with E-state index in [1.54, 1.807) is 0 Å². The van der Waals surface area contributed by atoms with Crippen LogP contribution in [-0.2, 0) is 11.2 Å². The summed E-state index contributed by atoms with van der Waals surface area (Å²) >= 11 is 0. The van der Waals surface area contributed by atoms with Gasteiger partial charge in [0.25, 0.3) is 0 Å². The molecule has 3 nitrogen and oxygen atoms in total. The van der Waals surface area contributed by atoms with E-state index in [0.29, 0.717) is 0 Å². The first kappa shape index (κ1) is 17.2. The maximum absolute atomic E-state index is 11.7. The maximum atomic E-state index is 11.7. The number of hydrogen-bond donors (Lipinski definition) is 1. The number of allylic oxidation sites excluding steroid dienone is 1. The molecule has 0 bridgehead atoms. The quantitative estimate of drug-likeness (QED) is 0.581. The third-order valence-electron chi connectivity index (χ3n) is 4.80. The van der Waals surface area contributed by atoms with E-state index >= 15 is 0 Å². The van der Waals surface area contributed by atoms with Gasteiger partial charge in [-0.15, -0.1) is 5.73 Å². The highest BCUT2D eigenvalue weighted by atomic mass is 16.1. The summed E-state index contributed by atoms with van der Waals surface area (Å²) in [6.07, 6.45) is 5.79. The first-order chi connectivity index (χ1) is 11.2. The number of hydrogen-bond acceptors (Lipinski definition) is 3. The third kappa shape index (κ3) is 3.80. The second kappa shape index (κ2) is 7.94. The number of benzene rings is 1. The highest BCUT2D eigenvalue weighted by molar-refractivity contribution is 5.94. The minimum absolute atomic E-state index is 0.298. The first-order valence-electron chi connectivity index (χ1n) is 8.33. The van der Waals surface area contributed by atoms with E-state index in [9.17, 15) is 4.79 Å². The van der Waals surface area contributed by atoms with Crippen molar-refractivity contribution in [2.24, 2.45) is 10.5 Å². The van der Waals surface area contributed by atoms with Gasteiger partial charge < -0.3 is 4.79 Å². The molecule has 1 aliphatic heterocycles. The average Bonchev–Trinajstić information content (AvgIpc) is 2.88. The monoisotopic (exact) mass is 310 g/mol. The molecule has 1 aliphatic rings. The Labute approximate surface area is 139 Å². The molecule has 0 saturated carbocycles. The Morgan fingerprint density at radius 1 is 1.43 bits per heavy atom. The fourth-order valence-corrected chi connectivity index (χ4v) is 3.30. The largest absolute Gasteiger partial charge is 0.301 e. The molecule has 0 spiro atoms. The van der Waals surface area contributed by atoms with Gasteiger partial charge in [0, 0.05) is 11.1 Å². The van der Waals surface area contributed by atoms with Gasteiger partial charge in [-0.1, -0.05) is 50.3 Å². The normalized spacial score (nSPS) is 22.9. The molecule has 3 heteroatoms. The molecule has 0 radical (unpaired) electrons. The summed E-state index contributed by atoms with van der Waals surface area (Å²) in [4.78, 5) is 11.7. The van der Waals surface area contributed by atoms with Crippen LogP contribution in [0.4, 0.5) is 0 Å². The van der Waals surface area contributed by atoms with E-state index in [4.69, 9.17) is 0 Å². The van der Waals surface area contributed by atoms with Crippen molar-refractivity contribution in [2.75, 3.05) is 0 Å². The Bertz CT molecular complexity index is 614. The van der Waals surface area contributed by atoms with Crippen molar-refractivity contribution in [3.05, 3.63) is 53.8 Å². The van der Waals surface area contributed by atoms with Crippen LogP contribution >= 0.6 is 0 Å². The number of hydrazone groups is 1. The zero-order valence-corrected chi connectivity index (χ0v) is 14.1. The number of aldehydes is 1. The molecular formula is C20H26N2O. The zero-order valence-electron chi connectivity index (χ0n) is 14.1. The van der Waals surface area contributed by atoms with Gasteiger partial charge in [-0.3, -0.25) is 5.43 Å². The fourth-order valence-electron chi connectivity index (χ4n) is 3.30. The topological polar surface area (TPSA) is 41.5 Å². The summed E-state index contributed by atoms with van der Waals surface area (Å²) in [6, 6.07) is 10.0. The van der Waals surface area contributed by atoms with Crippen LogP contribution in [0.5, 0.6) is 0 Å². The molecule has 23 heavy (non-hydrogen) atoms. The lowest BCUT2D eigenvalue weighted by Gasteiger charge is -2.33. The van der Waals surface area contributed by atoms with Crippen LogP contribution in [0.15, 0.2) is 53.3 Å². The predicted molar refractivity (Wildman–Crippen MR) is 95.5 cm³/mol. The summed E-state index contributed by atoms with van der Waals surface area (Å²) in [5.41, 5.74) is 9.19. The number of nitrogens with zero attached hydrogens (tertiary/aromatic N) is 1. The van der Waals surface area contributed by atoms with Gasteiger partial charge in [-0.2, -0.15) is 5.10 Å². The molecule has 0 aromatic heterocycles. The van der Waals surface area contributed by atoms with E-state index in [0.717, 1.165) is 44.1 Å². The van der Waals surface area contributed by atoms with Gasteiger partial charge in [0.2, 0.25) is 0 Å². The van der Waals surface area contributed by atoms with Crippen LogP contribution in [0.2, 0.25) is 0 Å². The molecular weight excluding hydrogens is 284 g/mol. The van der Waals surface area contributed by atoms with Crippen molar-refractivity contribution < 1.29 is 4.79 Å². The van der Waals surface area contributed by atoms with Gasteiger partial charge in [0.1, 0.15) is 12.3 Å². The zero-order chi connectivity index (χ0) is 16.7. The minimum Gasteiger partial charge on any atom is -0.301 e. The molecule has 1 aromatic carbocycles. The Morgan fingerprint density at radius 3 is 2.78 bits per heavy atom. The number of nitrogens with one attached hydrogen (secondary N) is 1. The Hall–Kier alpha value is -2.12. The molecule has 0 saturated heterocycles. The van der Waals surface area contributed by atoms with E-state index in [1.807, 2.05) is 25.1 Å². The fraction of sp³-hybridized carbons (Fsp3) is 0.450. The number of rotatable bonds is 8. The second-order valence-corrected chi connectivity index (χ2v) is 6.32. The molecule has 122 valence electrons. The molecule has 1 heterocycles. The molecule has 1 aromatic rings. The minimum atomic E-state index is -0.323. The molecule has 2 atom stereocenters. The molecule has 2 rings (SSSR count). The summed E-state index contributed by atoms with van der Waals surface area (Å²) < 4.78 is 0. The van der Waals surface area contributed by atoms with Crippen molar-refractivity contribution in [1.82, 2.24) is 5.43 Å². The average molecular weight is 310 g/mol. The summed E-state index contributed by atoms with van der Waals surface area (Å²) in [5, 5.41) is 4.38. The van der Waals surface area contributed by atoms with Gasteiger partial charge in [0.15, 0.2) is 0 Å². The first-order valence-corrected chi connectivity index (χ1v) is 8.33. The van der Waals surface area contributed by atoms with Crippen LogP contribution in [0.25, 0.3) is 0 Å². The van der Waals surface area contributed by atoms with E-state index in [2.05, 4.69) is 41.9 Å². The molecule has 2 unspecified atom stereocenters. The molecule has 1 N–H and O–H groups in total. The van der Waals surface area contributed by atoms with Crippen LogP contribution in [0.3, 0.4) is 0 Å². The molecule has 0 amide bonds. The summed E-state index contributed by atoms with van der Waals surface area (Å²) in [5.74, 6) is 0. The van der Waals surface area contributed by atoms with Crippen LogP contribution in [0.1, 0.15) is 45.1 Å². The summed E-state index contributed by atoms with van der Waals surface area (Å²) in [7, 11) is 0. The maximum Gasteiger partial charge on any atom is 0.144 e. The number of unbranched alkanes of at least 4 members (excludes halogenated alkanes) is 1. The number of carbonyl (C=O) groups excluding carboxylic acids is 1. The Morgan fingerprint density at radius 2 is 2.17 bits per heavy atom. The van der Waals surface area contributed by atoms with Crippen molar-refractivity contribution >= 4 is 12.0 Å². The highest BCUT2D eigenvalue weighted by Crippen LogP contribution is 2.39. The Balaban J connectivity index is 2.33. The lowest BCUT2D eigenvalue weighted by molar-refractivity contribution is -0.111. The van der Waals surface area contributed by atoms with Gasteiger partial charge in [-0.25, -0.2) is 0 Å². The van der Waals surface area contributed by atoms with Crippen LogP contribution < -0.4 is 5.43 Å². The Kier molecular flexibility index (Phi) is 5.95. The molecule has 0 fully saturated rings. The van der Waals surface area contributed by atoms with Gasteiger partial charge in [-0.05, 0) is 43.7 Å². The third-order valence-corrected chi connectivity index (χ3v) is 4.80. The number of carbonyl (C=O) groups is 1. The lowest BCUT2D eigenvalue weighted by Crippen LogP contribution is -2.45. The van der Waals surface area contributed by atoms with Crippen molar-refractivity contribution in [3.8, 4) is 0 Å². The SMILES string of the molecule is C=C=C(CCCC)CC1(Cc2ccccc2)C(C)=NNC1C=O. The predicted octanol–water partition coefficient (Wildman–Crippen LogP) is 4.05. The summed E-state index contributed by atoms with van der Waals surface area (Å²) in [6.45, 7) is 8.05. The molecule has 0 aliphatic carbocycles. The lowest BCUT2D eigenvalue weighted by atomic mass is 9.69. The second-order valence-electron chi connectivity index (χ2n) is 6.32. The van der Waals surface area contributed by atoms with E-state index < -0.39 is 0 Å². The van der Waals surface area contributed by atoms with Crippen LogP contribution in [-0.4, -0.2) is 18.0 Å². The van der Waals surface area contributed by atoms with E-state index in [-0.39, 0.29) is 11.5 Å². The van der Waals surface area contributed by atoms with Gasteiger partial charge in [0.05, 0.1) is 0 Å². The van der Waals surface area contributed by atoms with Crippen LogP contribution in [0, 0.1) is 5.41 Å².